The van der Waals surface area contributed by atoms with Crippen molar-refractivity contribution in [3.05, 3.63) is 15.5 Å². The molecular formula is C15H24ClN3O2S. The first-order valence-electron chi connectivity index (χ1n) is 7.49. The van der Waals surface area contributed by atoms with Crippen LogP contribution in [0, 0.1) is 5.92 Å². The lowest BCUT2D eigenvalue weighted by Crippen LogP contribution is -2.36. The van der Waals surface area contributed by atoms with Crippen LogP contribution in [-0.4, -0.2) is 53.2 Å². The Kier molecular flexibility index (Phi) is 5.69. The summed E-state index contributed by atoms with van der Waals surface area (Å²) in [5.74, 6) is 0.487. The van der Waals surface area contributed by atoms with Crippen molar-refractivity contribution in [1.29, 1.82) is 0 Å². The van der Waals surface area contributed by atoms with Crippen molar-refractivity contribution >= 4 is 29.0 Å². The Labute approximate surface area is 141 Å². The molecule has 1 aliphatic rings. The van der Waals surface area contributed by atoms with Crippen molar-refractivity contribution in [2.45, 2.75) is 39.3 Å². The molecule has 0 bridgehead atoms. The first-order chi connectivity index (χ1) is 10.2. The number of halogens is 1. The molecule has 2 rings (SSSR count). The second-order valence-electron chi connectivity index (χ2n) is 6.86. The van der Waals surface area contributed by atoms with E-state index in [4.69, 9.17) is 16.3 Å². The summed E-state index contributed by atoms with van der Waals surface area (Å²) in [6.45, 7) is 9.02. The minimum Gasteiger partial charge on any atom is -0.444 e. The number of hydrogen-bond donors (Lipinski definition) is 0. The molecule has 0 saturated carbocycles. The van der Waals surface area contributed by atoms with Gasteiger partial charge in [0.2, 0.25) is 0 Å². The van der Waals surface area contributed by atoms with Gasteiger partial charge in [-0.05, 0) is 40.2 Å². The molecule has 0 radical (unpaired) electrons. The van der Waals surface area contributed by atoms with Crippen LogP contribution in [0.25, 0.3) is 0 Å². The van der Waals surface area contributed by atoms with Gasteiger partial charge in [0, 0.05) is 37.3 Å². The summed E-state index contributed by atoms with van der Waals surface area (Å²) in [5.41, 5.74) is -0.433. The van der Waals surface area contributed by atoms with Crippen molar-refractivity contribution in [1.82, 2.24) is 14.8 Å². The molecular weight excluding hydrogens is 322 g/mol. The highest BCUT2D eigenvalue weighted by Gasteiger charge is 2.30. The van der Waals surface area contributed by atoms with Gasteiger partial charge in [0.05, 0.1) is 0 Å². The van der Waals surface area contributed by atoms with Gasteiger partial charge in [-0.15, -0.1) is 11.3 Å². The summed E-state index contributed by atoms with van der Waals surface area (Å²) >= 11 is 7.37. The molecule has 1 aliphatic heterocycles. The number of likely N-dealkylation sites (tertiary alicyclic amines) is 1. The molecule has 1 aromatic rings. The van der Waals surface area contributed by atoms with Crippen molar-refractivity contribution in [3.8, 4) is 0 Å². The predicted molar refractivity (Wildman–Crippen MR) is 89.4 cm³/mol. The number of carbonyl (C=O) groups excluding carboxylic acids is 1. The number of nitrogens with zero attached hydrogens (tertiary/aromatic N) is 3. The van der Waals surface area contributed by atoms with Gasteiger partial charge < -0.3 is 14.5 Å². The lowest BCUT2D eigenvalue weighted by Gasteiger charge is -2.25. The van der Waals surface area contributed by atoms with E-state index in [1.165, 1.54) is 11.3 Å². The number of ether oxygens (including phenoxy) is 1. The van der Waals surface area contributed by atoms with Crippen LogP contribution >= 0.6 is 22.9 Å². The minimum absolute atomic E-state index is 0.202. The van der Waals surface area contributed by atoms with Gasteiger partial charge in [-0.3, -0.25) is 0 Å². The fourth-order valence-electron chi connectivity index (χ4n) is 2.60. The summed E-state index contributed by atoms with van der Waals surface area (Å²) in [6.07, 6.45) is 2.64. The molecule has 1 aromatic heterocycles. The van der Waals surface area contributed by atoms with Crippen LogP contribution in [0.1, 0.15) is 32.1 Å². The Balaban J connectivity index is 1.77. The van der Waals surface area contributed by atoms with E-state index < -0.39 is 5.60 Å². The third kappa shape index (κ3) is 5.41. The third-order valence-electron chi connectivity index (χ3n) is 3.46. The number of hydrogen-bond acceptors (Lipinski definition) is 5. The van der Waals surface area contributed by atoms with Gasteiger partial charge >= 0.3 is 6.09 Å². The topological polar surface area (TPSA) is 45.7 Å². The third-order valence-corrected chi connectivity index (χ3v) is 4.56. The first-order valence-corrected chi connectivity index (χ1v) is 8.69. The van der Waals surface area contributed by atoms with Crippen LogP contribution in [0.5, 0.6) is 0 Å². The van der Waals surface area contributed by atoms with Gasteiger partial charge in [0.15, 0.2) is 4.47 Å². The lowest BCUT2D eigenvalue weighted by atomic mass is 10.1. The Morgan fingerprint density at radius 2 is 2.32 bits per heavy atom. The van der Waals surface area contributed by atoms with Crippen molar-refractivity contribution in [2.75, 3.05) is 26.7 Å². The van der Waals surface area contributed by atoms with Gasteiger partial charge in [-0.2, -0.15) is 0 Å². The van der Waals surface area contributed by atoms with Crippen LogP contribution in [0.3, 0.4) is 0 Å². The molecule has 2 heterocycles. The van der Waals surface area contributed by atoms with Crippen molar-refractivity contribution in [3.63, 3.8) is 0 Å². The number of amides is 1. The molecule has 0 aliphatic carbocycles. The summed E-state index contributed by atoms with van der Waals surface area (Å²) in [7, 11) is 2.09. The molecule has 1 amide bonds. The SMILES string of the molecule is CN(Cc1cnc(Cl)s1)CC1CCN(C(=O)OC(C)(C)C)C1. The van der Waals surface area contributed by atoms with Crippen LogP contribution in [-0.2, 0) is 11.3 Å². The lowest BCUT2D eigenvalue weighted by molar-refractivity contribution is 0.0285. The molecule has 0 N–H and O–H groups in total. The van der Waals surface area contributed by atoms with Crippen LogP contribution in [0.4, 0.5) is 4.79 Å². The summed E-state index contributed by atoms with van der Waals surface area (Å²) in [5, 5.41) is 0. The summed E-state index contributed by atoms with van der Waals surface area (Å²) in [6, 6.07) is 0. The second kappa shape index (κ2) is 7.15. The number of rotatable bonds is 4. The fraction of sp³-hybridized carbons (Fsp3) is 0.733. The Hall–Kier alpha value is -0.850. The molecule has 1 saturated heterocycles. The van der Waals surface area contributed by atoms with Gasteiger partial charge in [-0.25, -0.2) is 9.78 Å². The molecule has 1 fully saturated rings. The molecule has 0 aromatic carbocycles. The zero-order chi connectivity index (χ0) is 16.3. The Bertz CT molecular complexity index is 515. The van der Waals surface area contributed by atoms with E-state index in [2.05, 4.69) is 16.9 Å². The molecule has 0 spiro atoms. The number of carbonyl (C=O) groups is 1. The van der Waals surface area contributed by atoms with E-state index in [-0.39, 0.29) is 6.09 Å². The largest absolute Gasteiger partial charge is 0.444 e. The van der Waals surface area contributed by atoms with Crippen molar-refractivity contribution < 1.29 is 9.53 Å². The van der Waals surface area contributed by atoms with Crippen LogP contribution < -0.4 is 0 Å². The average Bonchev–Trinajstić information content (AvgIpc) is 2.96. The van der Waals surface area contributed by atoms with E-state index in [9.17, 15) is 4.79 Å². The highest BCUT2D eigenvalue weighted by molar-refractivity contribution is 7.15. The molecule has 1 unspecified atom stereocenters. The van der Waals surface area contributed by atoms with Gasteiger partial charge in [0.25, 0.3) is 0 Å². The second-order valence-corrected chi connectivity index (χ2v) is 8.55. The maximum Gasteiger partial charge on any atom is 0.410 e. The normalized spacial score (nSPS) is 19.0. The fourth-order valence-corrected chi connectivity index (χ4v) is 3.66. The van der Waals surface area contributed by atoms with Crippen molar-refractivity contribution in [2.24, 2.45) is 5.92 Å². The van der Waals surface area contributed by atoms with E-state index in [0.717, 1.165) is 37.5 Å². The zero-order valence-electron chi connectivity index (χ0n) is 13.6. The molecule has 5 nitrogen and oxygen atoms in total. The average molecular weight is 346 g/mol. The summed E-state index contributed by atoms with van der Waals surface area (Å²) < 4.78 is 6.01. The van der Waals surface area contributed by atoms with Crippen LogP contribution in [0.15, 0.2) is 6.20 Å². The van der Waals surface area contributed by atoms with Crippen LogP contribution in [0.2, 0.25) is 4.47 Å². The first kappa shape index (κ1) is 17.5. The zero-order valence-corrected chi connectivity index (χ0v) is 15.2. The number of aromatic nitrogens is 1. The maximum absolute atomic E-state index is 12.1. The highest BCUT2D eigenvalue weighted by Crippen LogP contribution is 2.22. The smallest absolute Gasteiger partial charge is 0.410 e. The number of thiazole rings is 1. The molecule has 7 heteroatoms. The highest BCUT2D eigenvalue weighted by atomic mass is 35.5. The Morgan fingerprint density at radius 1 is 1.59 bits per heavy atom. The maximum atomic E-state index is 12.1. The predicted octanol–water partition coefficient (Wildman–Crippen LogP) is 3.49. The monoisotopic (exact) mass is 345 g/mol. The summed E-state index contributed by atoms with van der Waals surface area (Å²) in [4.78, 5) is 21.3. The molecule has 124 valence electrons. The standard InChI is InChI=1S/C15H24ClN3O2S/c1-15(2,3)21-14(20)19-6-5-11(9-19)8-18(4)10-12-7-17-13(16)22-12/h7,11H,5-6,8-10H2,1-4H3. The van der Waals surface area contributed by atoms with E-state index in [1.54, 1.807) is 0 Å². The minimum atomic E-state index is -0.433. The molecule has 1 atom stereocenters. The van der Waals surface area contributed by atoms with E-state index >= 15 is 0 Å². The van der Waals surface area contributed by atoms with Gasteiger partial charge in [-0.1, -0.05) is 11.6 Å². The van der Waals surface area contributed by atoms with E-state index in [0.29, 0.717) is 10.4 Å². The van der Waals surface area contributed by atoms with E-state index in [1.807, 2.05) is 31.9 Å². The molecule has 22 heavy (non-hydrogen) atoms. The Morgan fingerprint density at radius 3 is 2.91 bits per heavy atom. The van der Waals surface area contributed by atoms with Gasteiger partial charge in [0.1, 0.15) is 5.60 Å². The quantitative estimate of drug-likeness (QED) is 0.838.